The lowest BCUT2D eigenvalue weighted by atomic mass is 10.1. The maximum atomic E-state index is 12.5. The fourth-order valence-electron chi connectivity index (χ4n) is 2.26. The van der Waals surface area contributed by atoms with Crippen LogP contribution in [0, 0.1) is 0 Å². The van der Waals surface area contributed by atoms with Gasteiger partial charge in [-0.15, -0.1) is 0 Å². The van der Waals surface area contributed by atoms with Crippen LogP contribution in [0.2, 0.25) is 5.02 Å². The Morgan fingerprint density at radius 3 is 3.05 bits per heavy atom. The van der Waals surface area contributed by atoms with Crippen LogP contribution in [0.4, 0.5) is 0 Å². The molecule has 5 nitrogen and oxygen atoms in total. The third-order valence-corrected chi connectivity index (χ3v) is 3.68. The van der Waals surface area contributed by atoms with E-state index in [0.717, 1.165) is 0 Å². The molecule has 1 N–H and O–H groups in total. The SMILES string of the molecule is CC(Oc1cccc(Cl)c1)C(=O)N1CC(CO)OCC1C. The van der Waals surface area contributed by atoms with Gasteiger partial charge in [0.2, 0.25) is 0 Å². The first kappa shape index (κ1) is 16.1. The molecule has 1 amide bonds. The van der Waals surface area contributed by atoms with Gasteiger partial charge in [0, 0.05) is 11.6 Å². The largest absolute Gasteiger partial charge is 0.481 e. The summed E-state index contributed by atoms with van der Waals surface area (Å²) in [7, 11) is 0. The van der Waals surface area contributed by atoms with Crippen LogP contribution < -0.4 is 4.74 Å². The van der Waals surface area contributed by atoms with Crippen molar-refractivity contribution in [2.24, 2.45) is 0 Å². The van der Waals surface area contributed by atoms with Crippen LogP contribution in [0.5, 0.6) is 5.75 Å². The molecule has 0 spiro atoms. The van der Waals surface area contributed by atoms with Gasteiger partial charge in [0.25, 0.3) is 5.91 Å². The summed E-state index contributed by atoms with van der Waals surface area (Å²) in [6.07, 6.45) is -0.952. The highest BCUT2D eigenvalue weighted by molar-refractivity contribution is 6.30. The first-order valence-corrected chi connectivity index (χ1v) is 7.34. The van der Waals surface area contributed by atoms with Crippen LogP contribution in [0.25, 0.3) is 0 Å². The van der Waals surface area contributed by atoms with E-state index >= 15 is 0 Å². The Morgan fingerprint density at radius 1 is 1.62 bits per heavy atom. The molecule has 2 rings (SSSR count). The standard InChI is InChI=1S/C15H20ClNO4/c1-10-9-20-14(8-18)7-17(10)15(19)11(2)21-13-5-3-4-12(16)6-13/h3-6,10-11,14,18H,7-9H2,1-2H3. The van der Waals surface area contributed by atoms with Crippen molar-refractivity contribution in [2.45, 2.75) is 32.1 Å². The predicted octanol–water partition coefficient (Wildman–Crippen LogP) is 1.72. The van der Waals surface area contributed by atoms with E-state index in [2.05, 4.69) is 0 Å². The quantitative estimate of drug-likeness (QED) is 0.919. The number of hydrogen-bond acceptors (Lipinski definition) is 4. The van der Waals surface area contributed by atoms with E-state index in [1.165, 1.54) is 0 Å². The van der Waals surface area contributed by atoms with E-state index in [4.69, 9.17) is 21.1 Å². The Hall–Kier alpha value is -1.30. The molecule has 1 aliphatic heterocycles. The van der Waals surface area contributed by atoms with Crippen molar-refractivity contribution in [3.8, 4) is 5.75 Å². The van der Waals surface area contributed by atoms with E-state index in [0.29, 0.717) is 23.9 Å². The Balaban J connectivity index is 2.00. The maximum absolute atomic E-state index is 12.5. The second kappa shape index (κ2) is 7.11. The van der Waals surface area contributed by atoms with E-state index in [9.17, 15) is 9.90 Å². The number of carbonyl (C=O) groups excluding carboxylic acids is 1. The average Bonchev–Trinajstić information content (AvgIpc) is 2.47. The number of ether oxygens (including phenoxy) is 2. The predicted molar refractivity (Wildman–Crippen MR) is 79.5 cm³/mol. The number of amides is 1. The number of hydrogen-bond donors (Lipinski definition) is 1. The zero-order valence-electron chi connectivity index (χ0n) is 12.2. The summed E-state index contributed by atoms with van der Waals surface area (Å²) in [4.78, 5) is 14.2. The zero-order chi connectivity index (χ0) is 15.4. The van der Waals surface area contributed by atoms with Crippen molar-refractivity contribution < 1.29 is 19.4 Å². The molecule has 6 heteroatoms. The first-order valence-electron chi connectivity index (χ1n) is 6.96. The molecule has 0 radical (unpaired) electrons. The molecule has 1 aliphatic rings. The zero-order valence-corrected chi connectivity index (χ0v) is 12.9. The van der Waals surface area contributed by atoms with E-state index < -0.39 is 6.10 Å². The maximum Gasteiger partial charge on any atom is 0.263 e. The minimum atomic E-state index is -0.622. The summed E-state index contributed by atoms with van der Waals surface area (Å²) in [6.45, 7) is 4.32. The van der Waals surface area contributed by atoms with Gasteiger partial charge in [0.1, 0.15) is 5.75 Å². The Bertz CT molecular complexity index is 496. The van der Waals surface area contributed by atoms with Crippen molar-refractivity contribution in [3.05, 3.63) is 29.3 Å². The summed E-state index contributed by atoms with van der Waals surface area (Å²) in [5.41, 5.74) is 0. The number of morpholine rings is 1. The number of aliphatic hydroxyl groups is 1. The summed E-state index contributed by atoms with van der Waals surface area (Å²) in [5, 5.41) is 9.73. The van der Waals surface area contributed by atoms with Gasteiger partial charge >= 0.3 is 0 Å². The van der Waals surface area contributed by atoms with E-state index in [1.807, 2.05) is 6.92 Å². The number of rotatable bonds is 4. The molecule has 116 valence electrons. The average molecular weight is 314 g/mol. The van der Waals surface area contributed by atoms with Crippen LogP contribution in [-0.2, 0) is 9.53 Å². The Labute approximate surface area is 129 Å². The van der Waals surface area contributed by atoms with Gasteiger partial charge < -0.3 is 19.5 Å². The molecule has 1 saturated heterocycles. The molecular formula is C15H20ClNO4. The molecule has 3 unspecified atom stereocenters. The summed E-state index contributed by atoms with van der Waals surface area (Å²) in [6, 6.07) is 6.91. The van der Waals surface area contributed by atoms with Crippen molar-refractivity contribution in [1.82, 2.24) is 4.90 Å². The van der Waals surface area contributed by atoms with Gasteiger partial charge in [0.05, 0.1) is 25.4 Å². The van der Waals surface area contributed by atoms with Gasteiger partial charge in [-0.3, -0.25) is 4.79 Å². The Morgan fingerprint density at radius 2 is 2.38 bits per heavy atom. The minimum absolute atomic E-state index is 0.0364. The smallest absolute Gasteiger partial charge is 0.263 e. The van der Waals surface area contributed by atoms with Gasteiger partial charge in [-0.2, -0.15) is 0 Å². The van der Waals surface area contributed by atoms with Crippen molar-refractivity contribution in [3.63, 3.8) is 0 Å². The topological polar surface area (TPSA) is 59.0 Å². The van der Waals surface area contributed by atoms with Gasteiger partial charge in [-0.25, -0.2) is 0 Å². The molecule has 0 bridgehead atoms. The van der Waals surface area contributed by atoms with Crippen molar-refractivity contribution >= 4 is 17.5 Å². The number of carbonyl (C=O) groups is 1. The fraction of sp³-hybridized carbons (Fsp3) is 0.533. The molecule has 1 aromatic rings. The number of benzene rings is 1. The van der Waals surface area contributed by atoms with Crippen LogP contribution in [0.1, 0.15) is 13.8 Å². The molecule has 0 saturated carbocycles. The second-order valence-corrected chi connectivity index (χ2v) is 5.63. The van der Waals surface area contributed by atoms with Crippen molar-refractivity contribution in [1.29, 1.82) is 0 Å². The lowest BCUT2D eigenvalue weighted by Crippen LogP contribution is -2.55. The van der Waals surface area contributed by atoms with E-state index in [1.54, 1.807) is 36.1 Å². The molecule has 3 atom stereocenters. The van der Waals surface area contributed by atoms with Crippen LogP contribution in [0.3, 0.4) is 0 Å². The van der Waals surface area contributed by atoms with E-state index in [-0.39, 0.29) is 24.7 Å². The number of aliphatic hydroxyl groups excluding tert-OH is 1. The summed E-state index contributed by atoms with van der Waals surface area (Å²) in [5.74, 6) is 0.437. The number of nitrogens with zero attached hydrogens (tertiary/aromatic N) is 1. The van der Waals surface area contributed by atoms with Crippen molar-refractivity contribution in [2.75, 3.05) is 19.8 Å². The lowest BCUT2D eigenvalue weighted by molar-refractivity contribution is -0.152. The monoisotopic (exact) mass is 313 g/mol. The third kappa shape index (κ3) is 4.09. The summed E-state index contributed by atoms with van der Waals surface area (Å²) >= 11 is 5.90. The highest BCUT2D eigenvalue weighted by Gasteiger charge is 2.32. The van der Waals surface area contributed by atoms with Gasteiger partial charge in [0.15, 0.2) is 6.10 Å². The normalized spacial score (nSPS) is 23.7. The molecule has 1 heterocycles. The fourth-order valence-corrected chi connectivity index (χ4v) is 2.44. The van der Waals surface area contributed by atoms with Crippen LogP contribution >= 0.6 is 11.6 Å². The minimum Gasteiger partial charge on any atom is -0.481 e. The molecule has 1 aromatic carbocycles. The van der Waals surface area contributed by atoms with Crippen LogP contribution in [-0.4, -0.2) is 53.9 Å². The lowest BCUT2D eigenvalue weighted by Gasteiger charge is -2.38. The molecule has 1 fully saturated rings. The summed E-state index contributed by atoms with van der Waals surface area (Å²) < 4.78 is 11.1. The molecule has 0 aromatic heterocycles. The highest BCUT2D eigenvalue weighted by atomic mass is 35.5. The third-order valence-electron chi connectivity index (χ3n) is 3.45. The Kier molecular flexibility index (Phi) is 5.45. The number of halogens is 1. The van der Waals surface area contributed by atoms with Gasteiger partial charge in [-0.05, 0) is 32.0 Å². The molecule has 21 heavy (non-hydrogen) atoms. The van der Waals surface area contributed by atoms with Crippen LogP contribution in [0.15, 0.2) is 24.3 Å². The first-order chi connectivity index (χ1) is 10.0. The second-order valence-electron chi connectivity index (χ2n) is 5.19. The van der Waals surface area contributed by atoms with Gasteiger partial charge in [-0.1, -0.05) is 17.7 Å². The molecule has 0 aliphatic carbocycles. The highest BCUT2D eigenvalue weighted by Crippen LogP contribution is 2.20. The molecular weight excluding hydrogens is 294 g/mol.